The maximum absolute atomic E-state index is 13.0. The van der Waals surface area contributed by atoms with Crippen LogP contribution in [0.15, 0.2) is 65.4 Å². The van der Waals surface area contributed by atoms with Crippen LogP contribution in [0.3, 0.4) is 0 Å². The summed E-state index contributed by atoms with van der Waals surface area (Å²) in [4.78, 5) is 10.1. The summed E-state index contributed by atoms with van der Waals surface area (Å²) >= 11 is 0. The van der Waals surface area contributed by atoms with Gasteiger partial charge in [-0.25, -0.2) is 4.39 Å². The molecule has 0 heterocycles. The molecule has 0 atom stereocenters. The molecule has 0 amide bonds. The molecule has 20 heavy (non-hydrogen) atoms. The molecule has 6 heteroatoms. The van der Waals surface area contributed by atoms with Crippen LogP contribution < -0.4 is 5.43 Å². The third kappa shape index (κ3) is 3.38. The number of hydrogen-bond acceptors (Lipinski definition) is 4. The standard InChI is InChI=1S/C14H12FN3O2/c1-10-7-13(18(19)20)5-6-14(10)17-16-9-11-3-2-4-12(15)8-11/h2-8,16H,1,9H2/b17-14-. The van der Waals surface area contributed by atoms with Gasteiger partial charge in [-0.15, -0.1) is 0 Å². The summed E-state index contributed by atoms with van der Waals surface area (Å²) in [5.74, 6) is -0.308. The second-order valence-electron chi connectivity index (χ2n) is 4.15. The van der Waals surface area contributed by atoms with E-state index in [1.165, 1.54) is 30.4 Å². The monoisotopic (exact) mass is 273 g/mol. The number of benzene rings is 1. The Hall–Kier alpha value is -2.76. The molecular weight excluding hydrogens is 261 g/mol. The van der Waals surface area contributed by atoms with Gasteiger partial charge in [0.15, 0.2) is 0 Å². The number of hydrazone groups is 1. The third-order valence-corrected chi connectivity index (χ3v) is 2.65. The highest BCUT2D eigenvalue weighted by molar-refractivity contribution is 6.11. The number of rotatable bonds is 4. The Labute approximate surface area is 115 Å². The van der Waals surface area contributed by atoms with E-state index in [1.807, 2.05) is 0 Å². The van der Waals surface area contributed by atoms with E-state index in [2.05, 4.69) is 17.1 Å². The Kier molecular flexibility index (Phi) is 4.05. The van der Waals surface area contributed by atoms with Gasteiger partial charge in [0.2, 0.25) is 0 Å². The van der Waals surface area contributed by atoms with Crippen molar-refractivity contribution < 1.29 is 9.31 Å². The van der Waals surface area contributed by atoms with Crippen molar-refractivity contribution in [2.24, 2.45) is 5.10 Å². The van der Waals surface area contributed by atoms with E-state index >= 15 is 0 Å². The molecule has 102 valence electrons. The van der Waals surface area contributed by atoms with Crippen molar-refractivity contribution in [3.8, 4) is 0 Å². The molecule has 0 radical (unpaired) electrons. The average molecular weight is 273 g/mol. The van der Waals surface area contributed by atoms with Gasteiger partial charge in [-0.2, -0.15) is 5.10 Å². The van der Waals surface area contributed by atoms with Crippen LogP contribution in [0.2, 0.25) is 0 Å². The number of nitrogens with one attached hydrogen (secondary N) is 1. The van der Waals surface area contributed by atoms with E-state index in [0.717, 1.165) is 5.56 Å². The number of halogens is 1. The lowest BCUT2D eigenvalue weighted by Gasteiger charge is -2.07. The lowest BCUT2D eigenvalue weighted by atomic mass is 10.1. The first-order valence-corrected chi connectivity index (χ1v) is 5.85. The van der Waals surface area contributed by atoms with Gasteiger partial charge < -0.3 is 5.43 Å². The smallest absolute Gasteiger partial charge is 0.270 e. The first-order valence-electron chi connectivity index (χ1n) is 5.85. The maximum atomic E-state index is 13.0. The summed E-state index contributed by atoms with van der Waals surface area (Å²) in [6.45, 7) is 4.06. The van der Waals surface area contributed by atoms with Crippen molar-refractivity contribution in [1.82, 2.24) is 5.43 Å². The Morgan fingerprint density at radius 3 is 2.85 bits per heavy atom. The highest BCUT2D eigenvalue weighted by Crippen LogP contribution is 2.12. The molecule has 0 spiro atoms. The minimum Gasteiger partial charge on any atom is -0.305 e. The van der Waals surface area contributed by atoms with Crippen molar-refractivity contribution in [2.75, 3.05) is 0 Å². The van der Waals surface area contributed by atoms with Crippen molar-refractivity contribution >= 4 is 5.71 Å². The number of nitro groups is 1. The Balaban J connectivity index is 1.99. The van der Waals surface area contributed by atoms with Crippen LogP contribution in [-0.2, 0) is 6.54 Å². The Morgan fingerprint density at radius 2 is 2.20 bits per heavy atom. The molecule has 0 saturated carbocycles. The molecule has 0 aromatic heterocycles. The van der Waals surface area contributed by atoms with Crippen LogP contribution in [0.1, 0.15) is 5.56 Å². The predicted octanol–water partition coefficient (Wildman–Crippen LogP) is 2.56. The zero-order chi connectivity index (χ0) is 14.5. The van der Waals surface area contributed by atoms with Crippen molar-refractivity contribution in [1.29, 1.82) is 0 Å². The molecule has 1 aliphatic rings. The minimum atomic E-state index is -0.487. The van der Waals surface area contributed by atoms with E-state index in [4.69, 9.17) is 0 Å². The van der Waals surface area contributed by atoms with E-state index in [0.29, 0.717) is 17.8 Å². The minimum absolute atomic E-state index is 0.0286. The molecule has 1 aromatic rings. The molecule has 5 nitrogen and oxygen atoms in total. The number of allylic oxidation sites excluding steroid dienone is 4. The summed E-state index contributed by atoms with van der Waals surface area (Å²) in [5.41, 5.74) is 4.46. The normalized spacial score (nSPS) is 16.1. The zero-order valence-electron chi connectivity index (χ0n) is 10.5. The second kappa shape index (κ2) is 5.92. The van der Waals surface area contributed by atoms with Gasteiger partial charge in [-0.3, -0.25) is 10.1 Å². The van der Waals surface area contributed by atoms with Gasteiger partial charge in [0.05, 0.1) is 17.2 Å². The molecule has 1 aromatic carbocycles. The van der Waals surface area contributed by atoms with Crippen molar-refractivity contribution in [3.05, 3.63) is 81.8 Å². The fraction of sp³-hybridized carbons (Fsp3) is 0.0714. The lowest BCUT2D eigenvalue weighted by molar-refractivity contribution is -0.419. The van der Waals surface area contributed by atoms with Gasteiger partial charge in [-0.05, 0) is 23.8 Å². The summed E-state index contributed by atoms with van der Waals surface area (Å²) in [5, 5.41) is 14.7. The van der Waals surface area contributed by atoms with Gasteiger partial charge in [0.25, 0.3) is 5.70 Å². The summed E-state index contributed by atoms with van der Waals surface area (Å²) in [7, 11) is 0. The first-order chi connectivity index (χ1) is 9.56. The van der Waals surface area contributed by atoms with Crippen molar-refractivity contribution in [2.45, 2.75) is 6.54 Å². The number of nitrogens with zero attached hydrogens (tertiary/aromatic N) is 2. The first kappa shape index (κ1) is 13.7. The SMILES string of the molecule is C=C1C=C([N+](=O)[O-])C=C/C1=N/NCc1cccc(F)c1. The highest BCUT2D eigenvalue weighted by Gasteiger charge is 2.14. The van der Waals surface area contributed by atoms with Crippen LogP contribution >= 0.6 is 0 Å². The molecule has 2 rings (SSSR count). The van der Waals surface area contributed by atoms with Gasteiger partial charge in [-0.1, -0.05) is 18.7 Å². The van der Waals surface area contributed by atoms with E-state index in [9.17, 15) is 14.5 Å². The Bertz CT molecular complexity index is 648. The zero-order valence-corrected chi connectivity index (χ0v) is 10.5. The predicted molar refractivity (Wildman–Crippen MR) is 74.0 cm³/mol. The van der Waals surface area contributed by atoms with Gasteiger partial charge in [0.1, 0.15) is 5.82 Å². The fourth-order valence-corrected chi connectivity index (χ4v) is 1.66. The largest absolute Gasteiger partial charge is 0.305 e. The molecule has 1 aliphatic carbocycles. The topological polar surface area (TPSA) is 67.5 Å². The van der Waals surface area contributed by atoms with Crippen LogP contribution in [0.5, 0.6) is 0 Å². The molecule has 0 aliphatic heterocycles. The van der Waals surface area contributed by atoms with Crippen LogP contribution in [0, 0.1) is 15.9 Å². The summed E-state index contributed by atoms with van der Waals surface area (Å²) < 4.78 is 13.0. The third-order valence-electron chi connectivity index (χ3n) is 2.65. The van der Waals surface area contributed by atoms with E-state index in [1.54, 1.807) is 12.1 Å². The van der Waals surface area contributed by atoms with Crippen LogP contribution in [-0.4, -0.2) is 10.6 Å². The Morgan fingerprint density at radius 1 is 1.40 bits per heavy atom. The molecule has 1 N–H and O–H groups in total. The van der Waals surface area contributed by atoms with Gasteiger partial charge >= 0.3 is 0 Å². The number of hydrogen-bond donors (Lipinski definition) is 1. The molecule has 0 bridgehead atoms. The molecule has 0 fully saturated rings. The van der Waals surface area contributed by atoms with E-state index in [-0.39, 0.29) is 11.5 Å². The van der Waals surface area contributed by atoms with Crippen LogP contribution in [0.25, 0.3) is 0 Å². The summed E-state index contributed by atoms with van der Waals surface area (Å²) in [6, 6.07) is 6.16. The second-order valence-corrected chi connectivity index (χ2v) is 4.15. The lowest BCUT2D eigenvalue weighted by Crippen LogP contribution is -2.12. The van der Waals surface area contributed by atoms with Gasteiger partial charge in [0, 0.05) is 17.7 Å². The summed E-state index contributed by atoms with van der Waals surface area (Å²) in [6.07, 6.45) is 4.22. The van der Waals surface area contributed by atoms with Crippen LogP contribution in [0.4, 0.5) is 4.39 Å². The molecule has 0 unspecified atom stereocenters. The average Bonchev–Trinajstić information content (AvgIpc) is 2.40. The van der Waals surface area contributed by atoms with Crippen molar-refractivity contribution in [3.63, 3.8) is 0 Å². The van der Waals surface area contributed by atoms with E-state index < -0.39 is 4.92 Å². The fourth-order valence-electron chi connectivity index (χ4n) is 1.66. The molecular formula is C14H12FN3O2. The maximum Gasteiger partial charge on any atom is 0.270 e. The quantitative estimate of drug-likeness (QED) is 0.677. The highest BCUT2D eigenvalue weighted by atomic mass is 19.1. The molecule has 0 saturated heterocycles.